The number of fused-ring (bicyclic) bond motifs is 3. The van der Waals surface area contributed by atoms with Crippen LogP contribution in [0.3, 0.4) is 0 Å². The normalized spacial score (nSPS) is 19.1. The minimum atomic E-state index is -0.305. The first-order chi connectivity index (χ1) is 12.7. The summed E-state index contributed by atoms with van der Waals surface area (Å²) in [5.41, 5.74) is 1.91. The lowest BCUT2D eigenvalue weighted by molar-refractivity contribution is -0.137. The van der Waals surface area contributed by atoms with E-state index in [0.29, 0.717) is 18.2 Å². The molecule has 3 aromatic rings. The summed E-state index contributed by atoms with van der Waals surface area (Å²) in [5, 5.41) is 1.02. The molecule has 7 heteroatoms. The van der Waals surface area contributed by atoms with E-state index in [-0.39, 0.29) is 16.8 Å². The predicted molar refractivity (Wildman–Crippen MR) is 102 cm³/mol. The first-order valence-corrected chi connectivity index (χ1v) is 10.4. The van der Waals surface area contributed by atoms with Crippen LogP contribution in [-0.2, 0) is 22.4 Å². The van der Waals surface area contributed by atoms with Gasteiger partial charge in [0.25, 0.3) is 5.56 Å². The highest BCUT2D eigenvalue weighted by Gasteiger charge is 2.31. The number of thioether (sulfide) groups is 1. The van der Waals surface area contributed by atoms with Gasteiger partial charge in [0.1, 0.15) is 10.1 Å². The van der Waals surface area contributed by atoms with E-state index >= 15 is 0 Å². The van der Waals surface area contributed by atoms with Crippen LogP contribution in [-0.4, -0.2) is 27.4 Å². The molecule has 2 aromatic heterocycles. The van der Waals surface area contributed by atoms with Crippen molar-refractivity contribution in [3.8, 4) is 5.69 Å². The smallest absolute Gasteiger partial charge is 0.319 e. The van der Waals surface area contributed by atoms with E-state index in [1.165, 1.54) is 22.2 Å². The zero-order chi connectivity index (χ0) is 17.7. The van der Waals surface area contributed by atoms with Gasteiger partial charge in [0.15, 0.2) is 5.16 Å². The van der Waals surface area contributed by atoms with Crippen molar-refractivity contribution < 1.29 is 9.53 Å². The fraction of sp³-hybridized carbons (Fsp3) is 0.316. The molecule has 1 atom stereocenters. The Morgan fingerprint density at radius 1 is 1.19 bits per heavy atom. The first-order valence-electron chi connectivity index (χ1n) is 8.68. The summed E-state index contributed by atoms with van der Waals surface area (Å²) in [5.74, 6) is -0.224. The number of benzene rings is 1. The highest BCUT2D eigenvalue weighted by Crippen LogP contribution is 2.37. The number of thiophene rings is 1. The summed E-state index contributed by atoms with van der Waals surface area (Å²) < 4.78 is 6.74. The third-order valence-electron chi connectivity index (χ3n) is 4.86. The molecule has 0 spiro atoms. The number of aryl methyl sites for hydroxylation is 2. The molecule has 3 heterocycles. The van der Waals surface area contributed by atoms with Gasteiger partial charge in [-0.15, -0.1) is 11.3 Å². The minimum absolute atomic E-state index is 0.0329. The molecule has 0 N–H and O–H groups in total. The molecule has 2 aliphatic rings. The van der Waals surface area contributed by atoms with E-state index in [1.807, 2.05) is 30.3 Å². The molecule has 26 heavy (non-hydrogen) atoms. The van der Waals surface area contributed by atoms with E-state index in [2.05, 4.69) is 0 Å². The van der Waals surface area contributed by atoms with Crippen LogP contribution in [0, 0.1) is 0 Å². The van der Waals surface area contributed by atoms with Crippen LogP contribution in [0.25, 0.3) is 15.9 Å². The lowest BCUT2D eigenvalue weighted by atomic mass is 10.2. The Morgan fingerprint density at radius 3 is 2.81 bits per heavy atom. The molecule has 0 amide bonds. The Hall–Kier alpha value is -2.12. The maximum Gasteiger partial charge on any atom is 0.319 e. The molecule has 1 saturated heterocycles. The van der Waals surface area contributed by atoms with Crippen LogP contribution in [0.1, 0.15) is 23.3 Å². The second-order valence-electron chi connectivity index (χ2n) is 6.47. The maximum absolute atomic E-state index is 13.4. The number of rotatable bonds is 3. The molecule has 0 saturated carbocycles. The molecule has 1 aromatic carbocycles. The lowest BCUT2D eigenvalue weighted by Crippen LogP contribution is -2.23. The Kier molecular flexibility index (Phi) is 3.86. The van der Waals surface area contributed by atoms with Crippen molar-refractivity contribution in [2.45, 2.75) is 36.1 Å². The molecule has 0 unspecified atom stereocenters. The van der Waals surface area contributed by atoms with Crippen molar-refractivity contribution in [3.05, 3.63) is 51.1 Å². The fourth-order valence-corrected chi connectivity index (χ4v) is 6.00. The quantitative estimate of drug-likeness (QED) is 0.512. The number of cyclic esters (lactones) is 1. The SMILES string of the molecule is O=C1OCC[C@H]1Sc1nc2sc3c(c2c(=O)n1-c1ccccc1)CCC3. The zero-order valence-corrected chi connectivity index (χ0v) is 15.6. The average Bonchev–Trinajstić information content (AvgIpc) is 3.32. The van der Waals surface area contributed by atoms with Gasteiger partial charge >= 0.3 is 5.97 Å². The number of aromatic nitrogens is 2. The van der Waals surface area contributed by atoms with Crippen LogP contribution in [0.5, 0.6) is 0 Å². The summed E-state index contributed by atoms with van der Waals surface area (Å²) in [7, 11) is 0. The number of ether oxygens (including phenoxy) is 1. The van der Waals surface area contributed by atoms with Crippen LogP contribution < -0.4 is 5.56 Å². The highest BCUT2D eigenvalue weighted by molar-refractivity contribution is 8.00. The van der Waals surface area contributed by atoms with Crippen LogP contribution in [0.2, 0.25) is 0 Å². The van der Waals surface area contributed by atoms with Gasteiger partial charge in [-0.2, -0.15) is 0 Å². The maximum atomic E-state index is 13.4. The fourth-order valence-electron chi connectivity index (χ4n) is 3.62. The number of esters is 1. The van der Waals surface area contributed by atoms with Gasteiger partial charge in [0.05, 0.1) is 17.7 Å². The van der Waals surface area contributed by atoms with E-state index in [9.17, 15) is 9.59 Å². The van der Waals surface area contributed by atoms with Gasteiger partial charge in [0.2, 0.25) is 0 Å². The van der Waals surface area contributed by atoms with Gasteiger partial charge in [0, 0.05) is 11.3 Å². The monoisotopic (exact) mass is 384 g/mol. The highest BCUT2D eigenvalue weighted by atomic mass is 32.2. The molecule has 132 valence electrons. The number of hydrogen-bond acceptors (Lipinski definition) is 6. The standard InChI is InChI=1S/C19H16N2O3S2/c22-17-15-12-7-4-8-13(12)25-16(15)20-19(26-14-9-10-24-18(14)23)21(17)11-5-2-1-3-6-11/h1-3,5-6,14H,4,7-10H2/t14-/m1/s1. The van der Waals surface area contributed by atoms with E-state index in [1.54, 1.807) is 15.9 Å². The molecule has 0 radical (unpaired) electrons. The van der Waals surface area contributed by atoms with Gasteiger partial charge in [-0.25, -0.2) is 4.98 Å². The molecular weight excluding hydrogens is 368 g/mol. The molecule has 1 fully saturated rings. The summed E-state index contributed by atoms with van der Waals surface area (Å²) in [4.78, 5) is 32.2. The van der Waals surface area contributed by atoms with Crippen LogP contribution in [0.15, 0.2) is 40.3 Å². The van der Waals surface area contributed by atoms with Crippen molar-refractivity contribution >= 4 is 39.3 Å². The summed E-state index contributed by atoms with van der Waals surface area (Å²) >= 11 is 2.96. The van der Waals surface area contributed by atoms with Crippen LogP contribution >= 0.6 is 23.1 Å². The summed E-state index contributed by atoms with van der Waals surface area (Å²) in [6, 6.07) is 9.53. The lowest BCUT2D eigenvalue weighted by Gasteiger charge is -2.13. The molecule has 5 rings (SSSR count). The van der Waals surface area contributed by atoms with Crippen molar-refractivity contribution in [2.75, 3.05) is 6.61 Å². The second kappa shape index (κ2) is 6.25. The van der Waals surface area contributed by atoms with E-state index < -0.39 is 0 Å². The topological polar surface area (TPSA) is 61.2 Å². The molecule has 5 nitrogen and oxygen atoms in total. The largest absolute Gasteiger partial charge is 0.465 e. The Labute approximate surface area is 158 Å². The Bertz CT molecular complexity index is 1070. The van der Waals surface area contributed by atoms with Gasteiger partial charge < -0.3 is 4.74 Å². The van der Waals surface area contributed by atoms with Crippen molar-refractivity contribution in [1.29, 1.82) is 0 Å². The third kappa shape index (κ3) is 2.49. The Morgan fingerprint density at radius 2 is 2.04 bits per heavy atom. The Balaban J connectivity index is 1.74. The summed E-state index contributed by atoms with van der Waals surface area (Å²) in [6.45, 7) is 0.432. The van der Waals surface area contributed by atoms with Gasteiger partial charge in [-0.05, 0) is 37.0 Å². The number of carbonyl (C=O) groups excluding carboxylic acids is 1. The van der Waals surface area contributed by atoms with Crippen molar-refractivity contribution in [2.24, 2.45) is 0 Å². The zero-order valence-electron chi connectivity index (χ0n) is 13.9. The third-order valence-corrected chi connectivity index (χ3v) is 7.24. The van der Waals surface area contributed by atoms with Gasteiger partial charge in [-0.1, -0.05) is 30.0 Å². The molecule has 1 aliphatic carbocycles. The molecule has 1 aliphatic heterocycles. The van der Waals surface area contributed by atoms with Crippen molar-refractivity contribution in [3.63, 3.8) is 0 Å². The minimum Gasteiger partial charge on any atom is -0.465 e. The summed E-state index contributed by atoms with van der Waals surface area (Å²) in [6.07, 6.45) is 3.72. The first kappa shape index (κ1) is 16.1. The molecule has 0 bridgehead atoms. The average molecular weight is 384 g/mol. The number of hydrogen-bond donors (Lipinski definition) is 0. The van der Waals surface area contributed by atoms with Crippen LogP contribution in [0.4, 0.5) is 0 Å². The van der Waals surface area contributed by atoms with E-state index in [0.717, 1.165) is 35.2 Å². The van der Waals surface area contributed by atoms with Gasteiger partial charge in [-0.3, -0.25) is 14.2 Å². The number of nitrogens with zero attached hydrogens (tertiary/aromatic N) is 2. The number of carbonyl (C=O) groups is 1. The second-order valence-corrected chi connectivity index (χ2v) is 8.72. The predicted octanol–water partition coefficient (Wildman–Crippen LogP) is 3.34. The van der Waals surface area contributed by atoms with E-state index in [4.69, 9.17) is 9.72 Å². The number of para-hydroxylation sites is 1. The molecular formula is C19H16N2O3S2. The van der Waals surface area contributed by atoms with Crippen molar-refractivity contribution in [1.82, 2.24) is 9.55 Å².